The lowest BCUT2D eigenvalue weighted by Crippen LogP contribution is -2.24. The topological polar surface area (TPSA) is 68.3 Å². The third-order valence-electron chi connectivity index (χ3n) is 2.68. The van der Waals surface area contributed by atoms with Gasteiger partial charge in [-0.1, -0.05) is 6.07 Å². The molecular formula is C13H12BrFN2O3S. The Morgan fingerprint density at radius 1 is 1.38 bits per heavy atom. The summed E-state index contributed by atoms with van der Waals surface area (Å²) >= 11 is 3.04. The summed E-state index contributed by atoms with van der Waals surface area (Å²) in [6.45, 7) is 0.0170. The van der Waals surface area contributed by atoms with Gasteiger partial charge >= 0.3 is 0 Å². The lowest BCUT2D eigenvalue weighted by molar-refractivity contribution is 0.392. The van der Waals surface area contributed by atoms with Gasteiger partial charge in [-0.25, -0.2) is 22.5 Å². The fourth-order valence-corrected chi connectivity index (χ4v) is 3.74. The summed E-state index contributed by atoms with van der Waals surface area (Å²) in [5.74, 6) is -0.173. The molecule has 8 heteroatoms. The molecule has 0 aliphatic heterocycles. The lowest BCUT2D eigenvalue weighted by atomic mass is 10.3. The van der Waals surface area contributed by atoms with E-state index in [1.807, 2.05) is 0 Å². The molecule has 5 nitrogen and oxygen atoms in total. The number of benzene rings is 1. The fraction of sp³-hybridized carbons (Fsp3) is 0.154. The van der Waals surface area contributed by atoms with Crippen LogP contribution in [-0.2, 0) is 16.6 Å². The molecule has 1 aromatic heterocycles. The Bertz CT molecular complexity index is 753. The number of nitrogens with one attached hydrogen (secondary N) is 1. The number of aromatic nitrogens is 1. The summed E-state index contributed by atoms with van der Waals surface area (Å²) in [6, 6.07) is 6.76. The maximum Gasteiger partial charge on any atom is 0.241 e. The first-order chi connectivity index (χ1) is 9.94. The average molecular weight is 375 g/mol. The quantitative estimate of drug-likeness (QED) is 0.872. The largest absolute Gasteiger partial charge is 0.481 e. The van der Waals surface area contributed by atoms with Gasteiger partial charge in [0.2, 0.25) is 15.9 Å². The van der Waals surface area contributed by atoms with E-state index in [1.54, 1.807) is 18.3 Å². The first kappa shape index (κ1) is 15.9. The van der Waals surface area contributed by atoms with Gasteiger partial charge < -0.3 is 4.74 Å². The van der Waals surface area contributed by atoms with E-state index >= 15 is 0 Å². The van der Waals surface area contributed by atoms with Crippen molar-refractivity contribution in [2.75, 3.05) is 7.11 Å². The third-order valence-corrected chi connectivity index (χ3v) is 5.06. The molecule has 0 spiro atoms. The summed E-state index contributed by atoms with van der Waals surface area (Å²) < 4.78 is 45.1. The number of hydrogen-bond donors (Lipinski definition) is 1. The zero-order valence-corrected chi connectivity index (χ0v) is 13.4. The second-order valence-electron chi connectivity index (χ2n) is 4.07. The molecule has 1 N–H and O–H groups in total. The van der Waals surface area contributed by atoms with Gasteiger partial charge in [-0.05, 0) is 40.2 Å². The highest BCUT2D eigenvalue weighted by Crippen LogP contribution is 2.23. The Kier molecular flexibility index (Phi) is 4.92. The Balaban J connectivity index is 2.22. The van der Waals surface area contributed by atoms with E-state index in [4.69, 9.17) is 4.74 Å². The number of rotatable bonds is 5. The predicted molar refractivity (Wildman–Crippen MR) is 78.9 cm³/mol. The number of hydrogen-bond acceptors (Lipinski definition) is 4. The van der Waals surface area contributed by atoms with Crippen molar-refractivity contribution in [1.29, 1.82) is 0 Å². The van der Waals surface area contributed by atoms with E-state index in [2.05, 4.69) is 25.6 Å². The van der Waals surface area contributed by atoms with E-state index in [9.17, 15) is 12.8 Å². The van der Waals surface area contributed by atoms with Crippen LogP contribution in [0.2, 0.25) is 0 Å². The van der Waals surface area contributed by atoms with Gasteiger partial charge in [-0.2, -0.15) is 0 Å². The molecule has 0 radical (unpaired) electrons. The van der Waals surface area contributed by atoms with E-state index < -0.39 is 15.8 Å². The second-order valence-corrected chi connectivity index (χ2v) is 6.66. The van der Waals surface area contributed by atoms with Gasteiger partial charge in [-0.15, -0.1) is 0 Å². The highest BCUT2D eigenvalue weighted by molar-refractivity contribution is 9.10. The first-order valence-electron chi connectivity index (χ1n) is 5.86. The van der Waals surface area contributed by atoms with E-state index in [0.717, 1.165) is 12.1 Å². The van der Waals surface area contributed by atoms with E-state index in [1.165, 1.54) is 13.2 Å². The van der Waals surface area contributed by atoms with Crippen LogP contribution < -0.4 is 9.46 Å². The zero-order chi connectivity index (χ0) is 15.5. The van der Waals surface area contributed by atoms with Crippen molar-refractivity contribution in [2.24, 2.45) is 0 Å². The average Bonchev–Trinajstić information content (AvgIpc) is 2.45. The van der Waals surface area contributed by atoms with Crippen LogP contribution in [0.25, 0.3) is 0 Å². The SMILES string of the molecule is COc1ncccc1CNS(=O)(=O)c1ccc(F)cc1Br. The molecule has 1 aromatic carbocycles. The van der Waals surface area contributed by atoms with Crippen molar-refractivity contribution in [3.05, 3.63) is 52.4 Å². The molecule has 0 atom stereocenters. The van der Waals surface area contributed by atoms with Crippen LogP contribution in [-0.4, -0.2) is 20.5 Å². The van der Waals surface area contributed by atoms with Crippen LogP contribution in [0.4, 0.5) is 4.39 Å². The van der Waals surface area contributed by atoms with Gasteiger partial charge in [0.15, 0.2) is 0 Å². The van der Waals surface area contributed by atoms with Crippen LogP contribution in [0.3, 0.4) is 0 Å². The molecule has 0 aliphatic rings. The molecular weight excluding hydrogens is 363 g/mol. The molecule has 0 unspecified atom stereocenters. The van der Waals surface area contributed by atoms with Crippen molar-refractivity contribution in [1.82, 2.24) is 9.71 Å². The summed E-state index contributed by atoms with van der Waals surface area (Å²) in [7, 11) is -2.32. The Morgan fingerprint density at radius 2 is 2.14 bits per heavy atom. The number of ether oxygens (including phenoxy) is 1. The fourth-order valence-electron chi connectivity index (χ4n) is 1.69. The Morgan fingerprint density at radius 3 is 2.81 bits per heavy atom. The number of nitrogens with zero attached hydrogens (tertiary/aromatic N) is 1. The summed E-state index contributed by atoms with van der Waals surface area (Å²) in [4.78, 5) is 3.95. The summed E-state index contributed by atoms with van der Waals surface area (Å²) in [6.07, 6.45) is 1.55. The molecule has 0 aliphatic carbocycles. The van der Waals surface area contributed by atoms with E-state index in [-0.39, 0.29) is 15.9 Å². The molecule has 0 fully saturated rings. The van der Waals surface area contributed by atoms with Crippen LogP contribution in [0.15, 0.2) is 45.9 Å². The number of methoxy groups -OCH3 is 1. The van der Waals surface area contributed by atoms with Crippen molar-refractivity contribution >= 4 is 26.0 Å². The minimum absolute atomic E-state index is 0.0170. The number of sulfonamides is 1. The molecule has 112 valence electrons. The smallest absolute Gasteiger partial charge is 0.241 e. The molecule has 2 aromatic rings. The van der Waals surface area contributed by atoms with Gasteiger partial charge in [-0.3, -0.25) is 0 Å². The molecule has 2 rings (SSSR count). The maximum atomic E-state index is 13.0. The van der Waals surface area contributed by atoms with Crippen LogP contribution in [0.1, 0.15) is 5.56 Å². The van der Waals surface area contributed by atoms with Crippen molar-refractivity contribution in [3.63, 3.8) is 0 Å². The summed E-state index contributed by atoms with van der Waals surface area (Å²) in [5.41, 5.74) is 0.599. The standard InChI is InChI=1S/C13H12BrFN2O3S/c1-20-13-9(3-2-6-16-13)8-17-21(18,19)12-5-4-10(15)7-11(12)14/h2-7,17H,8H2,1H3. The van der Waals surface area contributed by atoms with Gasteiger partial charge in [0.05, 0.1) is 12.0 Å². The predicted octanol–water partition coefficient (Wildman–Crippen LogP) is 2.47. The van der Waals surface area contributed by atoms with Crippen molar-refractivity contribution in [2.45, 2.75) is 11.4 Å². The van der Waals surface area contributed by atoms with Crippen LogP contribution in [0, 0.1) is 5.82 Å². The van der Waals surface area contributed by atoms with Gasteiger partial charge in [0.1, 0.15) is 5.82 Å². The lowest BCUT2D eigenvalue weighted by Gasteiger charge is -2.10. The number of pyridine rings is 1. The highest BCUT2D eigenvalue weighted by Gasteiger charge is 2.18. The number of halogens is 2. The summed E-state index contributed by atoms with van der Waals surface area (Å²) in [5, 5.41) is 0. The first-order valence-corrected chi connectivity index (χ1v) is 8.14. The Labute approximate surface area is 130 Å². The van der Waals surface area contributed by atoms with Gasteiger partial charge in [0, 0.05) is 22.8 Å². The maximum absolute atomic E-state index is 13.0. The molecule has 0 bridgehead atoms. The van der Waals surface area contributed by atoms with Gasteiger partial charge in [0.25, 0.3) is 0 Å². The molecule has 1 heterocycles. The minimum atomic E-state index is -3.78. The third kappa shape index (κ3) is 3.78. The molecule has 0 amide bonds. The molecule has 0 saturated carbocycles. The normalized spacial score (nSPS) is 11.4. The zero-order valence-electron chi connectivity index (χ0n) is 11.0. The Hall–Kier alpha value is -1.51. The highest BCUT2D eigenvalue weighted by atomic mass is 79.9. The second kappa shape index (κ2) is 6.50. The van der Waals surface area contributed by atoms with Crippen LogP contribution in [0.5, 0.6) is 5.88 Å². The monoisotopic (exact) mass is 374 g/mol. The van der Waals surface area contributed by atoms with Crippen LogP contribution >= 0.6 is 15.9 Å². The van der Waals surface area contributed by atoms with E-state index in [0.29, 0.717) is 11.4 Å². The minimum Gasteiger partial charge on any atom is -0.481 e. The molecule has 0 saturated heterocycles. The van der Waals surface area contributed by atoms with Crippen molar-refractivity contribution in [3.8, 4) is 5.88 Å². The van der Waals surface area contributed by atoms with Crippen molar-refractivity contribution < 1.29 is 17.5 Å². The molecule has 21 heavy (non-hydrogen) atoms.